The van der Waals surface area contributed by atoms with Crippen LogP contribution in [0.25, 0.3) is 0 Å². The van der Waals surface area contributed by atoms with Crippen molar-refractivity contribution in [3.8, 4) is 0 Å². The minimum atomic E-state index is -1.77. The Balaban J connectivity index is 1.63. The van der Waals surface area contributed by atoms with Crippen LogP contribution in [-0.4, -0.2) is 40.2 Å². The molecule has 3 nitrogen and oxygen atoms in total. The fourth-order valence-electron chi connectivity index (χ4n) is 7.42. The highest BCUT2D eigenvalue weighted by atomic mass is 31.2. The molecule has 168 valence electrons. The molecule has 0 unspecified atom stereocenters. The van der Waals surface area contributed by atoms with Gasteiger partial charge >= 0.3 is 0 Å². The van der Waals surface area contributed by atoms with Crippen LogP contribution in [0.2, 0.25) is 0 Å². The lowest BCUT2D eigenvalue weighted by atomic mass is 9.90. The van der Waals surface area contributed by atoms with E-state index in [1.54, 1.807) is 0 Å². The Morgan fingerprint density at radius 3 is 0.862 bits per heavy atom. The van der Waals surface area contributed by atoms with E-state index in [1.165, 1.54) is 128 Å². The summed E-state index contributed by atoms with van der Waals surface area (Å²) in [5, 5.41) is 0. The maximum Gasteiger partial charge on any atom is 0.220 e. The van der Waals surface area contributed by atoms with Gasteiger partial charge in [0, 0.05) is 24.2 Å². The van der Waals surface area contributed by atoms with E-state index in [4.69, 9.17) is 5.50 Å². The van der Waals surface area contributed by atoms with Crippen LogP contribution in [0.5, 0.6) is 0 Å². The quantitative estimate of drug-likeness (QED) is 0.457. The fourth-order valence-corrected chi connectivity index (χ4v) is 11.2. The van der Waals surface area contributed by atoms with Gasteiger partial charge in [-0.3, -0.25) is 0 Å². The molecule has 0 spiro atoms. The molecule has 0 radical (unpaired) electrons. The molecule has 0 heterocycles. The molecule has 0 bridgehead atoms. The van der Waals surface area contributed by atoms with Crippen molar-refractivity contribution >= 4 is 7.71 Å². The van der Waals surface area contributed by atoms with E-state index in [9.17, 15) is 0 Å². The van der Waals surface area contributed by atoms with Gasteiger partial charge in [0.2, 0.25) is 7.71 Å². The van der Waals surface area contributed by atoms with E-state index in [0.717, 1.165) is 24.2 Å². The van der Waals surface area contributed by atoms with Crippen molar-refractivity contribution in [2.75, 3.05) is 6.66 Å². The number of nitrogens with two attached hydrogens (primary N) is 1. The zero-order valence-electron chi connectivity index (χ0n) is 19.4. The maximum atomic E-state index is 7.69. The summed E-state index contributed by atoms with van der Waals surface area (Å²) in [7, 11) is -1.77. The highest BCUT2D eigenvalue weighted by molar-refractivity contribution is 7.68. The zero-order valence-corrected chi connectivity index (χ0v) is 20.3. The Morgan fingerprint density at radius 2 is 0.655 bits per heavy atom. The zero-order chi connectivity index (χ0) is 20.1. The first-order chi connectivity index (χ1) is 14.2. The first kappa shape index (κ1) is 22.5. The van der Waals surface area contributed by atoms with Gasteiger partial charge in [0.15, 0.2) is 0 Å². The van der Waals surface area contributed by atoms with Crippen LogP contribution < -0.4 is 5.50 Å². The number of hydrogen-bond acceptors (Lipinski definition) is 3. The lowest BCUT2D eigenvalue weighted by Crippen LogP contribution is -2.56. The number of rotatable bonds is 6. The molecule has 0 aromatic rings. The van der Waals surface area contributed by atoms with Crippen molar-refractivity contribution in [2.45, 2.75) is 153 Å². The summed E-state index contributed by atoms with van der Waals surface area (Å²) in [6.45, 7) is 2.55. The Kier molecular flexibility index (Phi) is 8.34. The average Bonchev–Trinajstić information content (AvgIpc) is 2.77. The fraction of sp³-hybridized carbons (Fsp3) is 1.00. The van der Waals surface area contributed by atoms with Gasteiger partial charge in [0.25, 0.3) is 0 Å². The molecule has 4 aliphatic rings. The Labute approximate surface area is 182 Å². The molecule has 0 aromatic carbocycles. The van der Waals surface area contributed by atoms with Crippen LogP contribution >= 0.6 is 7.71 Å². The van der Waals surface area contributed by atoms with Gasteiger partial charge < -0.3 is 0 Å². The lowest BCUT2D eigenvalue weighted by molar-refractivity contribution is 0.125. The summed E-state index contributed by atoms with van der Waals surface area (Å²) in [6, 6.07) is 3.07. The van der Waals surface area contributed by atoms with E-state index < -0.39 is 7.71 Å². The Bertz CT molecular complexity index is 394. The molecule has 4 aliphatic carbocycles. The van der Waals surface area contributed by atoms with E-state index >= 15 is 0 Å². The maximum absolute atomic E-state index is 7.69. The summed E-state index contributed by atoms with van der Waals surface area (Å²) in [4.78, 5) is 0. The summed E-state index contributed by atoms with van der Waals surface area (Å²) in [5.41, 5.74) is 7.69. The molecule has 0 aromatic heterocycles. The van der Waals surface area contributed by atoms with Crippen molar-refractivity contribution in [3.05, 3.63) is 0 Å². The van der Waals surface area contributed by atoms with E-state index in [1.807, 2.05) is 0 Å². The molecule has 4 rings (SSSR count). The van der Waals surface area contributed by atoms with Gasteiger partial charge in [-0.25, -0.2) is 0 Å². The van der Waals surface area contributed by atoms with Gasteiger partial charge in [-0.05, 0) is 51.4 Å². The summed E-state index contributed by atoms with van der Waals surface area (Å²) in [6.07, 6.45) is 28.5. The molecule has 29 heavy (non-hydrogen) atoms. The first-order valence-electron chi connectivity index (χ1n) is 13.4. The highest BCUT2D eigenvalue weighted by Gasteiger charge is 2.54. The second-order valence-corrected chi connectivity index (χ2v) is 13.8. The topological polar surface area (TPSA) is 32.5 Å². The van der Waals surface area contributed by atoms with Crippen LogP contribution in [0.4, 0.5) is 0 Å². The van der Waals surface area contributed by atoms with Crippen LogP contribution in [0.15, 0.2) is 0 Å². The highest BCUT2D eigenvalue weighted by Crippen LogP contribution is 2.63. The first-order valence-corrected chi connectivity index (χ1v) is 15.6. The van der Waals surface area contributed by atoms with Crippen molar-refractivity contribution in [1.82, 2.24) is 9.34 Å². The van der Waals surface area contributed by atoms with Crippen LogP contribution in [0.3, 0.4) is 0 Å². The molecule has 4 fully saturated rings. The second-order valence-electron chi connectivity index (χ2n) is 10.9. The van der Waals surface area contributed by atoms with Crippen molar-refractivity contribution in [3.63, 3.8) is 0 Å². The minimum Gasteiger partial charge on any atom is -0.174 e. The van der Waals surface area contributed by atoms with Gasteiger partial charge in [-0.2, -0.15) is 5.50 Å². The Hall–Kier alpha value is 0.310. The minimum absolute atomic E-state index is 0.768. The third-order valence-corrected chi connectivity index (χ3v) is 11.9. The van der Waals surface area contributed by atoms with Crippen LogP contribution in [-0.2, 0) is 0 Å². The van der Waals surface area contributed by atoms with Gasteiger partial charge in [-0.15, -0.1) is 9.34 Å². The SMILES string of the molecule is C[P+](N)(N(C1CCCCC1)C1CCCCC1)N(C1CCCCC1)C1CCCCC1. The van der Waals surface area contributed by atoms with Crippen molar-refractivity contribution < 1.29 is 0 Å². The molecular weight excluding hydrogens is 373 g/mol. The summed E-state index contributed by atoms with van der Waals surface area (Å²) in [5.74, 6) is 0. The molecule has 0 amide bonds. The van der Waals surface area contributed by atoms with Gasteiger partial charge in [0.1, 0.15) is 0 Å². The molecule has 2 N–H and O–H groups in total. The van der Waals surface area contributed by atoms with Crippen LogP contribution in [0, 0.1) is 0 Å². The molecular formula is C25H49N3P+. The normalized spacial score (nSPS) is 27.7. The lowest BCUT2D eigenvalue weighted by Gasteiger charge is -2.51. The summed E-state index contributed by atoms with van der Waals surface area (Å²) < 4.78 is 6.07. The summed E-state index contributed by atoms with van der Waals surface area (Å²) >= 11 is 0. The predicted molar refractivity (Wildman–Crippen MR) is 128 cm³/mol. The smallest absolute Gasteiger partial charge is 0.174 e. The van der Waals surface area contributed by atoms with E-state index in [-0.39, 0.29) is 0 Å². The monoisotopic (exact) mass is 422 g/mol. The van der Waals surface area contributed by atoms with Crippen LogP contribution in [0.1, 0.15) is 128 Å². The van der Waals surface area contributed by atoms with Crippen molar-refractivity contribution in [1.29, 1.82) is 0 Å². The predicted octanol–water partition coefficient (Wildman–Crippen LogP) is 7.27. The molecule has 4 heteroatoms. The van der Waals surface area contributed by atoms with Crippen molar-refractivity contribution in [2.24, 2.45) is 5.50 Å². The van der Waals surface area contributed by atoms with Gasteiger partial charge in [0.05, 0.1) is 6.66 Å². The van der Waals surface area contributed by atoms with E-state index in [2.05, 4.69) is 16.0 Å². The molecule has 4 saturated carbocycles. The largest absolute Gasteiger partial charge is 0.220 e. The second kappa shape index (κ2) is 10.8. The Morgan fingerprint density at radius 1 is 0.448 bits per heavy atom. The molecule has 0 aliphatic heterocycles. The number of nitrogens with zero attached hydrogens (tertiary/aromatic N) is 2. The van der Waals surface area contributed by atoms with E-state index in [0.29, 0.717) is 0 Å². The van der Waals surface area contributed by atoms with Gasteiger partial charge in [-0.1, -0.05) is 77.0 Å². The standard InChI is InChI=1S/C25H49N3P/c1-29(26,27(22-14-6-2-7-15-22)23-16-8-3-9-17-23)28(24-18-10-4-11-19-24)25-20-12-5-13-21-25/h22-25H,2-21,26H2,1H3/q+1. The average molecular weight is 423 g/mol. The number of hydrogen-bond donors (Lipinski definition) is 1. The molecule has 0 saturated heterocycles. The third kappa shape index (κ3) is 5.39. The molecule has 0 atom stereocenters. The third-order valence-electron chi connectivity index (χ3n) is 8.73.